The van der Waals surface area contributed by atoms with Gasteiger partial charge in [0.15, 0.2) is 6.04 Å². The number of hydrogen-bond donors (Lipinski definition) is 4. The predicted octanol–water partition coefficient (Wildman–Crippen LogP) is 4.43. The number of phosphoric acid groups is 1. The summed E-state index contributed by atoms with van der Waals surface area (Å²) in [5.74, 6) is -2.61. The fraction of sp³-hybridized carbons (Fsp3) is 0.731. The molecule has 12 heteroatoms. The zero-order valence-corrected chi connectivity index (χ0v) is 23.6. The third-order valence-corrected chi connectivity index (χ3v) is 6.23. The van der Waals surface area contributed by atoms with Crippen molar-refractivity contribution in [1.82, 2.24) is 5.32 Å². The predicted molar refractivity (Wildman–Crippen MR) is 143 cm³/mol. The van der Waals surface area contributed by atoms with E-state index in [-0.39, 0.29) is 6.42 Å². The topological polar surface area (TPSA) is 169 Å². The number of aliphatic hydroxyl groups is 1. The Kier molecular flexibility index (Phi) is 21.7. The summed E-state index contributed by atoms with van der Waals surface area (Å²) in [6.07, 6.45) is 19.5. The largest absolute Gasteiger partial charge is 0.480 e. The average Bonchev–Trinajstić information content (AvgIpc) is 2.86. The van der Waals surface area contributed by atoms with Crippen molar-refractivity contribution < 1.29 is 47.8 Å². The molecule has 0 rings (SSSR count). The van der Waals surface area contributed by atoms with E-state index in [1.807, 2.05) is 5.32 Å². The lowest BCUT2D eigenvalue weighted by molar-refractivity contribution is -0.147. The smallest absolute Gasteiger partial charge is 0.472 e. The maximum atomic E-state index is 11.8. The van der Waals surface area contributed by atoms with E-state index in [9.17, 15) is 28.9 Å². The summed E-state index contributed by atoms with van der Waals surface area (Å²) in [4.78, 5) is 43.3. The molecule has 4 N–H and O–H groups in total. The van der Waals surface area contributed by atoms with Gasteiger partial charge in [-0.2, -0.15) is 0 Å². The van der Waals surface area contributed by atoms with Crippen molar-refractivity contribution in [3.05, 3.63) is 24.3 Å². The summed E-state index contributed by atoms with van der Waals surface area (Å²) in [7, 11) is -4.70. The minimum atomic E-state index is -4.70. The molecule has 0 heterocycles. The Morgan fingerprint density at radius 2 is 1.45 bits per heavy atom. The molecular formula is C26H46NO10P. The van der Waals surface area contributed by atoms with Crippen LogP contribution >= 0.6 is 7.82 Å². The zero-order valence-electron chi connectivity index (χ0n) is 22.7. The Morgan fingerprint density at radius 3 is 2.05 bits per heavy atom. The second-order valence-electron chi connectivity index (χ2n) is 8.97. The lowest BCUT2D eigenvalue weighted by atomic mass is 10.1. The van der Waals surface area contributed by atoms with Crippen molar-refractivity contribution in [1.29, 1.82) is 0 Å². The van der Waals surface area contributed by atoms with Gasteiger partial charge < -0.3 is 25.2 Å². The Hall–Kier alpha value is -2.04. The van der Waals surface area contributed by atoms with Crippen molar-refractivity contribution in [3.63, 3.8) is 0 Å². The van der Waals surface area contributed by atoms with Gasteiger partial charge in [0.2, 0.25) is 5.91 Å². The number of aliphatic hydroxyl groups excluding tert-OH is 1. The van der Waals surface area contributed by atoms with Crippen molar-refractivity contribution in [2.45, 2.75) is 103 Å². The first kappa shape index (κ1) is 36.0. The number of allylic oxidation sites excluding steroid dienone is 4. The number of hydrogen-bond acceptors (Lipinski definition) is 8. The third-order valence-electron chi connectivity index (χ3n) is 5.28. The number of rotatable bonds is 24. The first-order chi connectivity index (χ1) is 18.1. The summed E-state index contributed by atoms with van der Waals surface area (Å²) in [5.41, 5.74) is 0. The average molecular weight is 564 g/mol. The van der Waals surface area contributed by atoms with Crippen molar-refractivity contribution in [3.8, 4) is 0 Å². The summed E-state index contributed by atoms with van der Waals surface area (Å²) >= 11 is 0. The molecule has 38 heavy (non-hydrogen) atoms. The Balaban J connectivity index is 3.81. The fourth-order valence-corrected chi connectivity index (χ4v) is 3.97. The Morgan fingerprint density at radius 1 is 0.868 bits per heavy atom. The SMILES string of the molecule is CCCCC/C=C\C/C=C\CCCCCCCC(=O)OCC(O)COP(=O)(O)OCC(NC(C)=O)C(=O)O. The van der Waals surface area contributed by atoms with E-state index in [1.54, 1.807) is 0 Å². The van der Waals surface area contributed by atoms with Crippen LogP contribution in [0.1, 0.15) is 90.9 Å². The summed E-state index contributed by atoms with van der Waals surface area (Å²) in [6.45, 7) is 1.36. The minimum Gasteiger partial charge on any atom is -0.480 e. The van der Waals surface area contributed by atoms with Crippen molar-refractivity contribution in [2.75, 3.05) is 19.8 Å². The molecule has 0 aromatic rings. The highest BCUT2D eigenvalue weighted by Crippen LogP contribution is 2.43. The molecule has 0 fully saturated rings. The van der Waals surface area contributed by atoms with Gasteiger partial charge in [-0.05, 0) is 38.5 Å². The van der Waals surface area contributed by atoms with E-state index >= 15 is 0 Å². The van der Waals surface area contributed by atoms with Gasteiger partial charge in [0.1, 0.15) is 12.7 Å². The van der Waals surface area contributed by atoms with Gasteiger partial charge in [0.05, 0.1) is 13.2 Å². The van der Waals surface area contributed by atoms with Gasteiger partial charge >= 0.3 is 19.8 Å². The van der Waals surface area contributed by atoms with Crippen LogP contribution in [0.3, 0.4) is 0 Å². The van der Waals surface area contributed by atoms with E-state index in [1.165, 1.54) is 19.3 Å². The highest BCUT2D eigenvalue weighted by molar-refractivity contribution is 7.47. The Bertz CT molecular complexity index is 771. The molecule has 3 unspecified atom stereocenters. The number of carboxylic acid groups (broad SMARTS) is 1. The monoisotopic (exact) mass is 563 g/mol. The van der Waals surface area contributed by atoms with E-state index < -0.39 is 57.6 Å². The van der Waals surface area contributed by atoms with Crippen LogP contribution < -0.4 is 5.32 Å². The normalized spacial score (nSPS) is 14.8. The molecule has 0 aliphatic carbocycles. The molecule has 3 atom stereocenters. The molecule has 11 nitrogen and oxygen atoms in total. The number of phosphoric ester groups is 1. The lowest BCUT2D eigenvalue weighted by Gasteiger charge is -2.18. The zero-order chi connectivity index (χ0) is 28.7. The molecule has 0 aromatic carbocycles. The number of ether oxygens (including phenoxy) is 1. The van der Waals surface area contributed by atoms with Gasteiger partial charge in [-0.25, -0.2) is 9.36 Å². The van der Waals surface area contributed by atoms with E-state index in [0.717, 1.165) is 51.9 Å². The number of unbranched alkanes of at least 4 members (excludes halogenated alkanes) is 8. The van der Waals surface area contributed by atoms with Crippen LogP contribution in [0, 0.1) is 0 Å². The number of esters is 1. The van der Waals surface area contributed by atoms with E-state index in [0.29, 0.717) is 6.42 Å². The Labute approximate surface area is 226 Å². The molecule has 0 aliphatic heterocycles. The first-order valence-electron chi connectivity index (χ1n) is 13.3. The van der Waals surface area contributed by atoms with Crippen molar-refractivity contribution in [2.24, 2.45) is 0 Å². The van der Waals surface area contributed by atoms with E-state index in [4.69, 9.17) is 9.84 Å². The van der Waals surface area contributed by atoms with Crippen LogP contribution in [0.4, 0.5) is 0 Å². The third kappa shape index (κ3) is 23.1. The number of carbonyl (C=O) groups excluding carboxylic acids is 2. The van der Waals surface area contributed by atoms with Gasteiger partial charge in [-0.15, -0.1) is 0 Å². The van der Waals surface area contributed by atoms with Gasteiger partial charge in [-0.1, -0.05) is 63.3 Å². The number of nitrogens with one attached hydrogen (secondary N) is 1. The number of carboxylic acids is 1. The van der Waals surface area contributed by atoms with E-state index in [2.05, 4.69) is 40.3 Å². The molecule has 0 saturated heterocycles. The second-order valence-corrected chi connectivity index (χ2v) is 10.4. The molecule has 0 aliphatic rings. The molecule has 0 aromatic heterocycles. The molecule has 0 saturated carbocycles. The minimum absolute atomic E-state index is 0.208. The summed E-state index contributed by atoms with van der Waals surface area (Å²) in [6, 6.07) is -1.54. The van der Waals surface area contributed by atoms with Crippen LogP contribution in [-0.4, -0.2) is 64.9 Å². The van der Waals surface area contributed by atoms with Crippen LogP contribution in [0.25, 0.3) is 0 Å². The van der Waals surface area contributed by atoms with Crippen LogP contribution in [0.2, 0.25) is 0 Å². The highest BCUT2D eigenvalue weighted by Gasteiger charge is 2.28. The second kappa shape index (κ2) is 22.9. The molecule has 0 radical (unpaired) electrons. The molecule has 0 spiro atoms. The van der Waals surface area contributed by atoms with Gasteiger partial charge in [0.25, 0.3) is 0 Å². The summed E-state index contributed by atoms with van der Waals surface area (Å²) in [5, 5.41) is 20.8. The molecule has 1 amide bonds. The summed E-state index contributed by atoms with van der Waals surface area (Å²) < 4.78 is 25.9. The number of carbonyl (C=O) groups is 3. The maximum Gasteiger partial charge on any atom is 0.472 e. The molecule has 0 bridgehead atoms. The van der Waals surface area contributed by atoms with Crippen LogP contribution in [0.15, 0.2) is 24.3 Å². The number of amides is 1. The lowest BCUT2D eigenvalue weighted by Crippen LogP contribution is -2.42. The highest BCUT2D eigenvalue weighted by atomic mass is 31.2. The molecular weight excluding hydrogens is 517 g/mol. The van der Waals surface area contributed by atoms with Crippen LogP contribution in [0.5, 0.6) is 0 Å². The quantitative estimate of drug-likeness (QED) is 0.0570. The first-order valence-corrected chi connectivity index (χ1v) is 14.8. The van der Waals surface area contributed by atoms with Crippen LogP contribution in [-0.2, 0) is 32.7 Å². The molecule has 220 valence electrons. The van der Waals surface area contributed by atoms with Gasteiger partial charge in [-0.3, -0.25) is 18.6 Å². The van der Waals surface area contributed by atoms with Gasteiger partial charge in [0, 0.05) is 13.3 Å². The van der Waals surface area contributed by atoms with Crippen molar-refractivity contribution >= 4 is 25.7 Å². The standard InChI is InChI=1S/C26H46NO10P/c1-3-4-5-6-7-8-9-10-11-12-13-14-15-16-17-18-25(30)35-19-23(29)20-36-38(33,34)37-21-24(26(31)32)27-22(2)28/h7-8,10-11,23-24,29H,3-6,9,12-21H2,1-2H3,(H,27,28)(H,31,32)(H,33,34)/b8-7-,11-10-. The fourth-order valence-electron chi connectivity index (χ4n) is 3.20. The maximum absolute atomic E-state index is 11.8. The number of aliphatic carboxylic acids is 1.